The minimum absolute atomic E-state index is 0.182. The van der Waals surface area contributed by atoms with Crippen LogP contribution in [-0.4, -0.2) is 87.4 Å². The number of nitrogens with zero attached hydrogens (tertiary/aromatic N) is 1. The highest BCUT2D eigenvalue weighted by Gasteiger charge is 2.25. The maximum Gasteiger partial charge on any atom is 0.361 e. The van der Waals surface area contributed by atoms with Crippen LogP contribution in [0.3, 0.4) is 0 Å². The minimum atomic E-state index is -1.52. The van der Waals surface area contributed by atoms with E-state index in [1.807, 2.05) is 21.1 Å². The van der Waals surface area contributed by atoms with Gasteiger partial charge in [-0.2, -0.15) is 0 Å². The SMILES string of the molecule is CC/C=C\C/C=C\C/C=C\C/C=C\C/C=C\C/C=C\C/C=C\C/C=C\C/C=C\CCCCCCCCCCCC(=O)OC(COC(=O)CCCCCCCCCCCCCCCCCCCCCCCCCCCCC/C=C\C/C=C\CCCCCCC)COC(OCC[N+](C)(C)C)C(=O)O. The Balaban J connectivity index is 4.02. The third-order valence-electron chi connectivity index (χ3n) is 18.4. The molecule has 1 N–H and O–H groups in total. The summed E-state index contributed by atoms with van der Waals surface area (Å²) in [4.78, 5) is 37.8. The smallest absolute Gasteiger partial charge is 0.361 e. The molecule has 580 valence electrons. The molecule has 9 nitrogen and oxygen atoms in total. The van der Waals surface area contributed by atoms with Gasteiger partial charge in [-0.05, 0) is 116 Å². The lowest BCUT2D eigenvalue weighted by atomic mass is 10.0. The van der Waals surface area contributed by atoms with E-state index in [9.17, 15) is 19.5 Å². The number of carbonyl (C=O) groups excluding carboxylic acids is 2. The Morgan fingerprint density at radius 3 is 0.842 bits per heavy atom. The topological polar surface area (TPSA) is 108 Å². The Kier molecular flexibility index (Phi) is 77.4. The molecule has 0 aromatic carbocycles. The summed E-state index contributed by atoms with van der Waals surface area (Å²) >= 11 is 0. The zero-order valence-corrected chi connectivity index (χ0v) is 66.5. The van der Waals surface area contributed by atoms with Gasteiger partial charge in [-0.1, -0.05) is 379 Å². The van der Waals surface area contributed by atoms with E-state index in [-0.39, 0.29) is 32.2 Å². The summed E-state index contributed by atoms with van der Waals surface area (Å²) in [5.41, 5.74) is 0. The molecule has 101 heavy (non-hydrogen) atoms. The van der Waals surface area contributed by atoms with Crippen molar-refractivity contribution in [3.05, 3.63) is 134 Å². The molecule has 0 rings (SSSR count). The predicted molar refractivity (Wildman–Crippen MR) is 438 cm³/mol. The molecule has 9 heteroatoms. The maximum atomic E-state index is 13.0. The van der Waals surface area contributed by atoms with E-state index in [1.54, 1.807) is 0 Å². The van der Waals surface area contributed by atoms with E-state index < -0.39 is 24.3 Å². The van der Waals surface area contributed by atoms with Crippen molar-refractivity contribution in [2.75, 3.05) is 47.5 Å². The number of aliphatic carboxylic acids is 1. The van der Waals surface area contributed by atoms with E-state index in [2.05, 4.69) is 148 Å². The molecule has 0 fully saturated rings. The molecule has 0 saturated carbocycles. The van der Waals surface area contributed by atoms with Gasteiger partial charge in [-0.25, -0.2) is 4.79 Å². The van der Waals surface area contributed by atoms with Crippen molar-refractivity contribution in [2.24, 2.45) is 0 Å². The number of quaternary nitrogens is 1. The fourth-order valence-electron chi connectivity index (χ4n) is 12.0. The first-order valence-electron chi connectivity index (χ1n) is 42.3. The van der Waals surface area contributed by atoms with Crippen LogP contribution in [0.2, 0.25) is 0 Å². The van der Waals surface area contributed by atoms with Crippen molar-refractivity contribution >= 4 is 17.9 Å². The monoisotopic (exact) mass is 1410 g/mol. The summed E-state index contributed by atoms with van der Waals surface area (Å²) in [6, 6.07) is 0. The molecule has 0 heterocycles. The molecule has 0 aromatic rings. The maximum absolute atomic E-state index is 13.0. The highest BCUT2D eigenvalue weighted by molar-refractivity contribution is 5.71. The van der Waals surface area contributed by atoms with Gasteiger partial charge in [0.15, 0.2) is 6.10 Å². The Labute approximate surface area is 624 Å². The number of unbranched alkanes of at least 4 members (excludes halogenated alkanes) is 41. The fraction of sp³-hybridized carbons (Fsp3) is 0.728. The number of carbonyl (C=O) groups is 3. The number of carboxylic acids is 1. The number of likely N-dealkylation sites (N-methyl/N-ethyl adjacent to an activating group) is 1. The van der Waals surface area contributed by atoms with E-state index in [1.165, 1.54) is 231 Å². The third kappa shape index (κ3) is 82.6. The first-order chi connectivity index (χ1) is 49.6. The lowest BCUT2D eigenvalue weighted by molar-refractivity contribution is -0.870. The first-order valence-corrected chi connectivity index (χ1v) is 42.3. The average Bonchev–Trinajstić information content (AvgIpc) is 1.25. The predicted octanol–water partition coefficient (Wildman–Crippen LogP) is 27.6. The fourth-order valence-corrected chi connectivity index (χ4v) is 12.0. The highest BCUT2D eigenvalue weighted by Crippen LogP contribution is 2.19. The summed E-state index contributed by atoms with van der Waals surface area (Å²) in [7, 11) is 5.98. The van der Waals surface area contributed by atoms with Gasteiger partial charge in [0.1, 0.15) is 13.2 Å². The molecule has 0 aromatic heterocycles. The molecule has 0 aliphatic rings. The molecule has 2 unspecified atom stereocenters. The third-order valence-corrected chi connectivity index (χ3v) is 18.4. The summed E-state index contributed by atoms with van der Waals surface area (Å²) < 4.78 is 23.1. The van der Waals surface area contributed by atoms with Gasteiger partial charge >= 0.3 is 17.9 Å². The second-order valence-corrected chi connectivity index (χ2v) is 29.4. The molecule has 0 aliphatic heterocycles. The van der Waals surface area contributed by atoms with Gasteiger partial charge in [0.25, 0.3) is 6.29 Å². The van der Waals surface area contributed by atoms with Crippen LogP contribution >= 0.6 is 0 Å². The summed E-state index contributed by atoms with van der Waals surface area (Å²) in [6.45, 7) is 4.78. The van der Waals surface area contributed by atoms with Crippen LogP contribution in [-0.2, 0) is 33.3 Å². The summed E-state index contributed by atoms with van der Waals surface area (Å²) in [5.74, 6) is -2.00. The molecule has 0 amide bonds. The zero-order chi connectivity index (χ0) is 73.2. The van der Waals surface area contributed by atoms with Crippen molar-refractivity contribution in [1.29, 1.82) is 0 Å². The number of carboxylic acid groups (broad SMARTS) is 1. The molecular weight excluding hydrogens is 1250 g/mol. The van der Waals surface area contributed by atoms with Gasteiger partial charge in [-0.15, -0.1) is 0 Å². The van der Waals surface area contributed by atoms with Crippen LogP contribution in [0.5, 0.6) is 0 Å². The second-order valence-electron chi connectivity index (χ2n) is 29.4. The Morgan fingerprint density at radius 2 is 0.564 bits per heavy atom. The lowest BCUT2D eigenvalue weighted by Gasteiger charge is -2.25. The minimum Gasteiger partial charge on any atom is -0.477 e. The van der Waals surface area contributed by atoms with Crippen molar-refractivity contribution in [3.63, 3.8) is 0 Å². The first kappa shape index (κ1) is 96.4. The van der Waals surface area contributed by atoms with Crippen LogP contribution < -0.4 is 0 Å². The van der Waals surface area contributed by atoms with Gasteiger partial charge in [0.05, 0.1) is 34.4 Å². The molecular formula is C92H160NO8+. The van der Waals surface area contributed by atoms with Gasteiger partial charge < -0.3 is 28.5 Å². The van der Waals surface area contributed by atoms with Crippen LogP contribution in [0.25, 0.3) is 0 Å². The molecule has 0 aliphatic carbocycles. The summed E-state index contributed by atoms with van der Waals surface area (Å²) in [5, 5.41) is 9.78. The van der Waals surface area contributed by atoms with Crippen molar-refractivity contribution < 1.29 is 42.9 Å². The van der Waals surface area contributed by atoms with Crippen molar-refractivity contribution in [3.8, 4) is 0 Å². The number of rotatable bonds is 78. The Bertz CT molecular complexity index is 2130. The van der Waals surface area contributed by atoms with Crippen molar-refractivity contribution in [1.82, 2.24) is 0 Å². The van der Waals surface area contributed by atoms with Gasteiger partial charge in [0, 0.05) is 12.8 Å². The van der Waals surface area contributed by atoms with Gasteiger partial charge in [0.2, 0.25) is 0 Å². The quantitative estimate of drug-likeness (QED) is 0.0211. The number of hydrogen-bond donors (Lipinski definition) is 1. The van der Waals surface area contributed by atoms with Gasteiger partial charge in [-0.3, -0.25) is 9.59 Å². The van der Waals surface area contributed by atoms with Crippen LogP contribution in [0, 0.1) is 0 Å². The van der Waals surface area contributed by atoms with E-state index in [4.69, 9.17) is 18.9 Å². The number of hydrogen-bond acceptors (Lipinski definition) is 7. The average molecular weight is 1410 g/mol. The Morgan fingerprint density at radius 1 is 0.307 bits per heavy atom. The molecule has 2 atom stereocenters. The highest BCUT2D eigenvalue weighted by atomic mass is 16.7. The Hall–Kier alpha value is -4.57. The van der Waals surface area contributed by atoms with Crippen LogP contribution in [0.4, 0.5) is 0 Å². The normalized spacial score (nSPS) is 13.3. The second kappa shape index (κ2) is 81.1. The molecule has 0 radical (unpaired) electrons. The van der Waals surface area contributed by atoms with Crippen LogP contribution in [0.15, 0.2) is 134 Å². The molecule has 0 saturated heterocycles. The largest absolute Gasteiger partial charge is 0.477 e. The number of allylic oxidation sites excluding steroid dienone is 22. The van der Waals surface area contributed by atoms with E-state index in [0.717, 1.165) is 109 Å². The molecule has 0 bridgehead atoms. The molecule has 0 spiro atoms. The number of esters is 2. The van der Waals surface area contributed by atoms with Crippen molar-refractivity contribution in [2.45, 2.75) is 386 Å². The standard InChI is InChI=1S/C92H159NO8/c1-6-8-10-12-14-16-18-20-22-24-26-28-30-32-34-36-38-40-42-44-45-47-48-50-52-54-56-58-60-62-64-66-68-70-72-74-76-78-80-82-89(94)99-86-88(87-100-92(91(96)97)98-85-84-93(3,4)5)101-90(95)83-81-79-77-75-73-71-69-67-65-63-61-59-57-55-53-51-49-46-43-41-39-37-35-33-31-29-27-25-23-21-19-17-15-13-11-9-7-2/h9,11,15,17-18,20-21,23-24,26-27,29,33,35,39,41,46,49,53,55,59,61,88,92H,6-8,10,12-14,16,19,22,25,28,30-32,34,36-38,40,42-45,47-48,50-52,54,56-58,60,62-87H2,1-5H3/p+1/b11-9-,17-15-,20-18-,23-21-,26-24-,29-27-,35-33-,41-39-,49-46-,55-53-,61-59-. The van der Waals surface area contributed by atoms with E-state index in [0.29, 0.717) is 23.9 Å². The van der Waals surface area contributed by atoms with Crippen LogP contribution in [0.1, 0.15) is 373 Å². The zero-order valence-electron chi connectivity index (χ0n) is 66.5. The lowest BCUT2D eigenvalue weighted by Crippen LogP contribution is -2.40. The number of ether oxygens (including phenoxy) is 4. The summed E-state index contributed by atoms with van der Waals surface area (Å²) in [6.07, 6.45) is 115. The van der Waals surface area contributed by atoms with E-state index >= 15 is 0 Å².